The lowest BCUT2D eigenvalue weighted by atomic mass is 9.94. The first-order valence-electron chi connectivity index (χ1n) is 4.15. The summed E-state index contributed by atoms with van der Waals surface area (Å²) in [4.78, 5) is 4.14. The molecule has 1 aromatic rings. The van der Waals surface area contributed by atoms with Gasteiger partial charge < -0.3 is 5.32 Å². The van der Waals surface area contributed by atoms with Crippen molar-refractivity contribution in [3.63, 3.8) is 0 Å². The van der Waals surface area contributed by atoms with Crippen molar-refractivity contribution in [2.75, 3.05) is 0 Å². The van der Waals surface area contributed by atoms with Crippen molar-refractivity contribution in [2.24, 2.45) is 0 Å². The fourth-order valence-electron chi connectivity index (χ4n) is 2.26. The lowest BCUT2D eigenvalue weighted by Gasteiger charge is -2.10. The molecule has 0 spiro atoms. The second-order valence-electron chi connectivity index (χ2n) is 3.35. The van der Waals surface area contributed by atoms with Crippen molar-refractivity contribution in [1.82, 2.24) is 10.3 Å². The molecule has 3 heterocycles. The summed E-state index contributed by atoms with van der Waals surface area (Å²) in [5, 5.41) is 3.55. The smallest absolute Gasteiger partial charge is 0.0345 e. The van der Waals surface area contributed by atoms with Crippen molar-refractivity contribution < 1.29 is 0 Å². The number of hydrogen-bond acceptors (Lipinski definition) is 2. The van der Waals surface area contributed by atoms with E-state index in [9.17, 15) is 0 Å². The maximum Gasteiger partial charge on any atom is 0.0345 e. The van der Waals surface area contributed by atoms with Gasteiger partial charge in [-0.1, -0.05) is 0 Å². The van der Waals surface area contributed by atoms with Crippen LogP contribution >= 0.6 is 12.4 Å². The SMILES string of the molecule is Cl.c1cc2c(cn1)[C@@H]1CC[C@H]2N1. The molecule has 0 saturated carbocycles. The normalized spacial score (nSPS) is 29.7. The monoisotopic (exact) mass is 182 g/mol. The highest BCUT2D eigenvalue weighted by Crippen LogP contribution is 2.43. The zero-order valence-electron chi connectivity index (χ0n) is 6.66. The van der Waals surface area contributed by atoms with Crippen LogP contribution in [-0.4, -0.2) is 4.98 Å². The zero-order chi connectivity index (χ0) is 7.26. The molecule has 2 aliphatic heterocycles. The lowest BCUT2D eigenvalue weighted by Crippen LogP contribution is -2.05. The molecule has 2 aliphatic rings. The molecule has 0 radical (unpaired) electrons. The minimum atomic E-state index is 0. The second-order valence-corrected chi connectivity index (χ2v) is 3.35. The highest BCUT2D eigenvalue weighted by Gasteiger charge is 2.35. The van der Waals surface area contributed by atoms with Crippen LogP contribution in [0.3, 0.4) is 0 Å². The van der Waals surface area contributed by atoms with E-state index in [1.807, 2.05) is 12.4 Å². The summed E-state index contributed by atoms with van der Waals surface area (Å²) in [6.07, 6.45) is 6.50. The molecule has 64 valence electrons. The summed E-state index contributed by atoms with van der Waals surface area (Å²) in [5.74, 6) is 0. The number of halogens is 1. The summed E-state index contributed by atoms with van der Waals surface area (Å²) in [6.45, 7) is 0. The molecule has 2 nitrogen and oxygen atoms in total. The number of rotatable bonds is 0. The maximum absolute atomic E-state index is 4.14. The fraction of sp³-hybridized carbons (Fsp3) is 0.444. The van der Waals surface area contributed by atoms with E-state index in [0.717, 1.165) is 0 Å². The van der Waals surface area contributed by atoms with Gasteiger partial charge in [0, 0.05) is 24.5 Å². The zero-order valence-corrected chi connectivity index (χ0v) is 7.47. The van der Waals surface area contributed by atoms with Crippen LogP contribution in [0.25, 0.3) is 0 Å². The predicted octanol–water partition coefficient (Wildman–Crippen LogP) is 1.98. The highest BCUT2D eigenvalue weighted by molar-refractivity contribution is 5.85. The topological polar surface area (TPSA) is 24.9 Å². The first kappa shape index (κ1) is 8.02. The molecule has 0 aliphatic carbocycles. The number of fused-ring (bicyclic) bond motifs is 5. The predicted molar refractivity (Wildman–Crippen MR) is 49.3 cm³/mol. The van der Waals surface area contributed by atoms with Crippen molar-refractivity contribution in [2.45, 2.75) is 24.9 Å². The van der Waals surface area contributed by atoms with E-state index in [0.29, 0.717) is 12.1 Å². The van der Waals surface area contributed by atoms with Crippen LogP contribution < -0.4 is 5.32 Å². The summed E-state index contributed by atoms with van der Waals surface area (Å²) in [6, 6.07) is 3.40. The molecule has 0 unspecified atom stereocenters. The molecule has 1 N–H and O–H groups in total. The van der Waals surface area contributed by atoms with Crippen LogP contribution in [0.1, 0.15) is 36.1 Å². The van der Waals surface area contributed by atoms with E-state index in [4.69, 9.17) is 0 Å². The molecular weight excluding hydrogens is 172 g/mol. The molecule has 2 bridgehead atoms. The van der Waals surface area contributed by atoms with Crippen LogP contribution in [0.15, 0.2) is 18.5 Å². The van der Waals surface area contributed by atoms with Crippen LogP contribution in [0.2, 0.25) is 0 Å². The molecule has 0 amide bonds. The van der Waals surface area contributed by atoms with E-state index >= 15 is 0 Å². The van der Waals surface area contributed by atoms with Gasteiger partial charge in [0.1, 0.15) is 0 Å². The summed E-state index contributed by atoms with van der Waals surface area (Å²) < 4.78 is 0. The van der Waals surface area contributed by atoms with Gasteiger partial charge in [0.05, 0.1) is 0 Å². The Labute approximate surface area is 77.8 Å². The first-order valence-corrected chi connectivity index (χ1v) is 4.15. The Bertz CT molecular complexity index is 271. The molecule has 3 rings (SSSR count). The third kappa shape index (κ3) is 0.883. The van der Waals surface area contributed by atoms with Crippen LogP contribution in [0.5, 0.6) is 0 Å². The Kier molecular flexibility index (Phi) is 1.81. The second kappa shape index (κ2) is 2.71. The van der Waals surface area contributed by atoms with Gasteiger partial charge in [-0.15, -0.1) is 12.4 Å². The highest BCUT2D eigenvalue weighted by atomic mass is 35.5. The number of aromatic nitrogens is 1. The quantitative estimate of drug-likeness (QED) is 0.664. The summed E-state index contributed by atoms with van der Waals surface area (Å²) >= 11 is 0. The van der Waals surface area contributed by atoms with Gasteiger partial charge in [0.15, 0.2) is 0 Å². The van der Waals surface area contributed by atoms with Gasteiger partial charge in [-0.25, -0.2) is 0 Å². The minimum absolute atomic E-state index is 0. The Hall–Kier alpha value is -0.600. The third-order valence-corrected chi connectivity index (χ3v) is 2.78. The summed E-state index contributed by atoms with van der Waals surface area (Å²) in [7, 11) is 0. The Morgan fingerprint density at radius 1 is 1.25 bits per heavy atom. The Balaban J connectivity index is 0.000000563. The lowest BCUT2D eigenvalue weighted by molar-refractivity contribution is 0.639. The van der Waals surface area contributed by atoms with Gasteiger partial charge in [-0.2, -0.15) is 0 Å². The maximum atomic E-state index is 4.14. The van der Waals surface area contributed by atoms with Crippen LogP contribution in [-0.2, 0) is 0 Å². The number of pyridine rings is 1. The van der Waals surface area contributed by atoms with Gasteiger partial charge in [0.2, 0.25) is 0 Å². The Morgan fingerprint density at radius 2 is 2.00 bits per heavy atom. The molecule has 2 atom stereocenters. The minimum Gasteiger partial charge on any atom is -0.303 e. The first-order chi connectivity index (χ1) is 5.45. The third-order valence-electron chi connectivity index (χ3n) is 2.78. The van der Waals surface area contributed by atoms with E-state index in [1.54, 1.807) is 0 Å². The van der Waals surface area contributed by atoms with Crippen molar-refractivity contribution in [3.05, 3.63) is 29.6 Å². The van der Waals surface area contributed by atoms with E-state index < -0.39 is 0 Å². The fourth-order valence-corrected chi connectivity index (χ4v) is 2.26. The van der Waals surface area contributed by atoms with E-state index in [1.165, 1.54) is 24.0 Å². The van der Waals surface area contributed by atoms with Crippen molar-refractivity contribution in [3.8, 4) is 0 Å². The Morgan fingerprint density at radius 3 is 2.75 bits per heavy atom. The number of nitrogens with zero attached hydrogens (tertiary/aromatic N) is 1. The molecule has 12 heavy (non-hydrogen) atoms. The van der Waals surface area contributed by atoms with E-state index in [-0.39, 0.29) is 12.4 Å². The summed E-state index contributed by atoms with van der Waals surface area (Å²) in [5.41, 5.74) is 2.92. The molecule has 1 fully saturated rings. The average molecular weight is 183 g/mol. The standard InChI is InChI=1S/C9H10N2.ClH/c1-2-9-7-5-10-4-3-6(7)8(1)11-9;/h3-5,8-9,11H,1-2H2;1H/t8-,9+;/m1./s1. The van der Waals surface area contributed by atoms with Crippen molar-refractivity contribution >= 4 is 12.4 Å². The van der Waals surface area contributed by atoms with E-state index in [2.05, 4.69) is 16.4 Å². The van der Waals surface area contributed by atoms with Crippen molar-refractivity contribution in [1.29, 1.82) is 0 Å². The molecule has 1 saturated heterocycles. The molecule has 3 heteroatoms. The largest absolute Gasteiger partial charge is 0.303 e. The van der Waals surface area contributed by atoms with Gasteiger partial charge in [-0.05, 0) is 30.0 Å². The molecule has 1 aromatic heterocycles. The average Bonchev–Trinajstić information content (AvgIpc) is 2.64. The molecular formula is C9H11ClN2. The van der Waals surface area contributed by atoms with Crippen LogP contribution in [0, 0.1) is 0 Å². The van der Waals surface area contributed by atoms with Gasteiger partial charge in [0.25, 0.3) is 0 Å². The van der Waals surface area contributed by atoms with Gasteiger partial charge in [-0.3, -0.25) is 4.98 Å². The number of hydrogen-bond donors (Lipinski definition) is 1. The van der Waals surface area contributed by atoms with Crippen LogP contribution in [0.4, 0.5) is 0 Å². The number of nitrogens with one attached hydrogen (secondary N) is 1. The molecule has 0 aromatic carbocycles. The van der Waals surface area contributed by atoms with Gasteiger partial charge >= 0.3 is 0 Å².